The van der Waals surface area contributed by atoms with Crippen molar-refractivity contribution in [1.82, 2.24) is 0 Å². The normalized spacial score (nSPS) is 11.0. The third-order valence-corrected chi connectivity index (χ3v) is 4.34. The van der Waals surface area contributed by atoms with Gasteiger partial charge < -0.3 is 10.1 Å². The van der Waals surface area contributed by atoms with E-state index in [0.29, 0.717) is 11.3 Å². The lowest BCUT2D eigenvalue weighted by molar-refractivity contribution is -0.119. The Morgan fingerprint density at radius 3 is 2.32 bits per heavy atom. The number of rotatable bonds is 5. The number of anilines is 1. The summed E-state index contributed by atoms with van der Waals surface area (Å²) < 4.78 is 27.3. The Hall–Kier alpha value is -2.71. The SMILES string of the molecule is Cc1ccc(C)c(C(=O)OCC(=O)Nc2ccc(S(N)(=O)=O)cc2)c1. The lowest BCUT2D eigenvalue weighted by Gasteiger charge is -2.09. The van der Waals surface area contributed by atoms with Crippen LogP contribution in [-0.2, 0) is 19.6 Å². The van der Waals surface area contributed by atoms with Gasteiger partial charge in [-0.05, 0) is 49.7 Å². The van der Waals surface area contributed by atoms with Gasteiger partial charge in [-0.3, -0.25) is 4.79 Å². The Morgan fingerprint density at radius 1 is 1.08 bits per heavy atom. The summed E-state index contributed by atoms with van der Waals surface area (Å²) in [7, 11) is -3.79. The summed E-state index contributed by atoms with van der Waals surface area (Å²) in [5, 5.41) is 7.50. The number of benzene rings is 2. The number of primary sulfonamides is 1. The van der Waals surface area contributed by atoms with E-state index in [1.54, 1.807) is 19.1 Å². The molecule has 0 saturated carbocycles. The molecule has 8 heteroatoms. The zero-order valence-corrected chi connectivity index (χ0v) is 14.6. The number of nitrogens with one attached hydrogen (secondary N) is 1. The highest BCUT2D eigenvalue weighted by molar-refractivity contribution is 7.89. The smallest absolute Gasteiger partial charge is 0.338 e. The van der Waals surface area contributed by atoms with E-state index >= 15 is 0 Å². The first-order valence-electron chi connectivity index (χ1n) is 7.34. The van der Waals surface area contributed by atoms with Crippen molar-refractivity contribution in [3.63, 3.8) is 0 Å². The van der Waals surface area contributed by atoms with Gasteiger partial charge in [0, 0.05) is 5.69 Å². The highest BCUT2D eigenvalue weighted by Crippen LogP contribution is 2.14. The van der Waals surface area contributed by atoms with Gasteiger partial charge in [-0.15, -0.1) is 0 Å². The molecule has 1 amide bonds. The molecule has 0 radical (unpaired) electrons. The highest BCUT2D eigenvalue weighted by Gasteiger charge is 2.13. The van der Waals surface area contributed by atoms with E-state index in [9.17, 15) is 18.0 Å². The molecule has 2 rings (SSSR count). The Bertz CT molecular complexity index is 905. The Kier molecular flexibility index (Phi) is 5.55. The number of esters is 1. The number of carbonyl (C=O) groups excluding carboxylic acids is 2. The van der Waals surface area contributed by atoms with Crippen LogP contribution in [0.15, 0.2) is 47.4 Å². The minimum Gasteiger partial charge on any atom is -0.452 e. The molecule has 0 aliphatic carbocycles. The molecule has 0 aliphatic rings. The lowest BCUT2D eigenvalue weighted by atomic mass is 10.1. The van der Waals surface area contributed by atoms with E-state index < -0.39 is 28.5 Å². The predicted molar refractivity (Wildman–Crippen MR) is 92.6 cm³/mol. The second-order valence-electron chi connectivity index (χ2n) is 5.51. The van der Waals surface area contributed by atoms with Crippen LogP contribution in [0.2, 0.25) is 0 Å². The number of sulfonamides is 1. The van der Waals surface area contributed by atoms with Gasteiger partial charge in [-0.25, -0.2) is 18.4 Å². The first kappa shape index (κ1) is 18.6. The molecule has 132 valence electrons. The molecule has 0 atom stereocenters. The number of carbonyl (C=O) groups is 2. The van der Waals surface area contributed by atoms with Crippen LogP contribution in [0.3, 0.4) is 0 Å². The van der Waals surface area contributed by atoms with Crippen LogP contribution in [-0.4, -0.2) is 26.9 Å². The molecule has 2 aromatic carbocycles. The van der Waals surface area contributed by atoms with Crippen LogP contribution in [0, 0.1) is 13.8 Å². The van der Waals surface area contributed by atoms with Crippen LogP contribution in [0.5, 0.6) is 0 Å². The van der Waals surface area contributed by atoms with Gasteiger partial charge in [-0.2, -0.15) is 0 Å². The first-order chi connectivity index (χ1) is 11.7. The van der Waals surface area contributed by atoms with Crippen molar-refractivity contribution in [2.24, 2.45) is 5.14 Å². The van der Waals surface area contributed by atoms with Crippen molar-refractivity contribution in [1.29, 1.82) is 0 Å². The fourth-order valence-corrected chi connectivity index (χ4v) is 2.61. The Balaban J connectivity index is 1.94. The molecule has 2 aromatic rings. The van der Waals surface area contributed by atoms with Crippen molar-refractivity contribution in [3.05, 3.63) is 59.2 Å². The van der Waals surface area contributed by atoms with Crippen molar-refractivity contribution < 1.29 is 22.7 Å². The number of ether oxygens (including phenoxy) is 1. The molecule has 0 spiro atoms. The zero-order valence-electron chi connectivity index (χ0n) is 13.8. The summed E-state index contributed by atoms with van der Waals surface area (Å²) in [5.41, 5.74) is 2.44. The fourth-order valence-electron chi connectivity index (χ4n) is 2.09. The molecule has 7 nitrogen and oxygen atoms in total. The third kappa shape index (κ3) is 5.13. The zero-order chi connectivity index (χ0) is 18.6. The maximum Gasteiger partial charge on any atom is 0.338 e. The molecule has 0 unspecified atom stereocenters. The molecule has 0 saturated heterocycles. The molecule has 0 aliphatic heterocycles. The average molecular weight is 362 g/mol. The van der Waals surface area contributed by atoms with E-state index in [0.717, 1.165) is 11.1 Å². The second-order valence-corrected chi connectivity index (χ2v) is 7.07. The molecule has 3 N–H and O–H groups in total. The largest absolute Gasteiger partial charge is 0.452 e. The van der Waals surface area contributed by atoms with Gasteiger partial charge in [0.25, 0.3) is 5.91 Å². The number of amides is 1. The molecule has 0 bridgehead atoms. The molecule has 0 heterocycles. The van der Waals surface area contributed by atoms with Crippen LogP contribution in [0.1, 0.15) is 21.5 Å². The highest BCUT2D eigenvalue weighted by atomic mass is 32.2. The number of aryl methyl sites for hydroxylation is 2. The van der Waals surface area contributed by atoms with Gasteiger partial charge in [0.15, 0.2) is 6.61 Å². The minimum absolute atomic E-state index is 0.0631. The van der Waals surface area contributed by atoms with Crippen molar-refractivity contribution in [2.45, 2.75) is 18.7 Å². The standard InChI is InChI=1S/C17H18N2O5S/c1-11-3-4-12(2)15(9-11)17(21)24-10-16(20)19-13-5-7-14(8-6-13)25(18,22)23/h3-9H,10H2,1-2H3,(H,19,20)(H2,18,22,23). The number of hydrogen-bond donors (Lipinski definition) is 2. The first-order valence-corrected chi connectivity index (χ1v) is 8.88. The summed E-state index contributed by atoms with van der Waals surface area (Å²) in [5.74, 6) is -1.12. The molecular weight excluding hydrogens is 344 g/mol. The van der Waals surface area contributed by atoms with Gasteiger partial charge >= 0.3 is 5.97 Å². The average Bonchev–Trinajstić information content (AvgIpc) is 2.54. The van der Waals surface area contributed by atoms with Crippen LogP contribution >= 0.6 is 0 Å². The summed E-state index contributed by atoms with van der Waals surface area (Å²) in [6, 6.07) is 10.7. The van der Waals surface area contributed by atoms with Crippen molar-refractivity contribution >= 4 is 27.6 Å². The molecule has 25 heavy (non-hydrogen) atoms. The second kappa shape index (κ2) is 7.45. The van der Waals surface area contributed by atoms with Gasteiger partial charge in [0.2, 0.25) is 10.0 Å². The van der Waals surface area contributed by atoms with E-state index in [1.807, 2.05) is 13.0 Å². The summed E-state index contributed by atoms with van der Waals surface area (Å²) in [6.07, 6.45) is 0. The molecular formula is C17H18N2O5S. The summed E-state index contributed by atoms with van der Waals surface area (Å²) in [6.45, 7) is 3.18. The fraction of sp³-hybridized carbons (Fsp3) is 0.176. The van der Waals surface area contributed by atoms with E-state index in [4.69, 9.17) is 9.88 Å². The maximum atomic E-state index is 12.0. The third-order valence-electron chi connectivity index (χ3n) is 3.41. The molecule has 0 fully saturated rings. The Morgan fingerprint density at radius 2 is 1.72 bits per heavy atom. The Labute approximate surface area is 145 Å². The topological polar surface area (TPSA) is 116 Å². The van der Waals surface area contributed by atoms with Gasteiger partial charge in [0.1, 0.15) is 0 Å². The lowest BCUT2D eigenvalue weighted by Crippen LogP contribution is -2.21. The van der Waals surface area contributed by atoms with E-state index in [-0.39, 0.29) is 4.90 Å². The van der Waals surface area contributed by atoms with Crippen LogP contribution in [0.25, 0.3) is 0 Å². The molecule has 0 aromatic heterocycles. The summed E-state index contributed by atoms with van der Waals surface area (Å²) in [4.78, 5) is 23.8. The van der Waals surface area contributed by atoms with E-state index in [1.165, 1.54) is 24.3 Å². The van der Waals surface area contributed by atoms with Crippen molar-refractivity contribution in [2.75, 3.05) is 11.9 Å². The quantitative estimate of drug-likeness (QED) is 0.786. The monoisotopic (exact) mass is 362 g/mol. The minimum atomic E-state index is -3.79. The summed E-state index contributed by atoms with van der Waals surface area (Å²) >= 11 is 0. The van der Waals surface area contributed by atoms with Crippen LogP contribution < -0.4 is 10.5 Å². The van der Waals surface area contributed by atoms with Gasteiger partial charge in [0.05, 0.1) is 10.5 Å². The van der Waals surface area contributed by atoms with E-state index in [2.05, 4.69) is 5.32 Å². The van der Waals surface area contributed by atoms with Crippen molar-refractivity contribution in [3.8, 4) is 0 Å². The maximum absolute atomic E-state index is 12.0. The van der Waals surface area contributed by atoms with Gasteiger partial charge in [-0.1, -0.05) is 17.7 Å². The number of hydrogen-bond acceptors (Lipinski definition) is 5. The predicted octanol–water partition coefficient (Wildman–Crippen LogP) is 1.75. The van der Waals surface area contributed by atoms with Crippen LogP contribution in [0.4, 0.5) is 5.69 Å². The number of nitrogens with two attached hydrogens (primary N) is 1.